The van der Waals surface area contributed by atoms with Crippen LogP contribution in [-0.4, -0.2) is 5.78 Å². The minimum Gasteiger partial charge on any atom is -0.295 e. The number of carbonyl (C=O) groups is 1. The van der Waals surface area contributed by atoms with Crippen molar-refractivity contribution >= 4 is 5.78 Å². The number of allylic oxidation sites excluding steroid dienone is 3. The Morgan fingerprint density at radius 1 is 1.38 bits per heavy atom. The maximum atomic E-state index is 12.0. The molecular formula is C24H31NO. The molecule has 0 saturated heterocycles. The average molecular weight is 350 g/mol. The summed E-state index contributed by atoms with van der Waals surface area (Å²) in [6.45, 7) is 13.1. The number of rotatable bonds is 2. The molecule has 7 atom stereocenters. The third-order valence-electron chi connectivity index (χ3n) is 8.85. The Balaban J connectivity index is 1.77. The minimum atomic E-state index is -0.368. The van der Waals surface area contributed by atoms with Crippen molar-refractivity contribution in [3.05, 3.63) is 36.5 Å². The highest BCUT2D eigenvalue weighted by molar-refractivity contribution is 5.91. The van der Waals surface area contributed by atoms with Gasteiger partial charge in [-0.3, -0.25) is 4.79 Å². The van der Waals surface area contributed by atoms with Crippen LogP contribution in [0, 0.1) is 51.8 Å². The first-order valence-electron chi connectivity index (χ1n) is 10.4. The SMILES string of the molecule is C=CC1CC2=CC(=O)CC[C@@H]2[C@H]2CC[C@@]3(C)[C@@H](CC(=C)[C@@]3(C#N)CC)[C@H]12. The zero-order valence-electron chi connectivity index (χ0n) is 16.3. The van der Waals surface area contributed by atoms with Gasteiger partial charge in [-0.05, 0) is 79.6 Å². The van der Waals surface area contributed by atoms with E-state index in [9.17, 15) is 10.1 Å². The van der Waals surface area contributed by atoms with Gasteiger partial charge in [0.25, 0.3) is 0 Å². The molecule has 2 heteroatoms. The van der Waals surface area contributed by atoms with Crippen LogP contribution in [0.15, 0.2) is 36.5 Å². The first-order valence-corrected chi connectivity index (χ1v) is 10.4. The normalized spacial score (nSPS) is 47.3. The molecule has 0 aliphatic heterocycles. The van der Waals surface area contributed by atoms with Gasteiger partial charge in [-0.2, -0.15) is 5.26 Å². The minimum absolute atomic E-state index is 0.0295. The third-order valence-corrected chi connectivity index (χ3v) is 8.85. The summed E-state index contributed by atoms with van der Waals surface area (Å²) >= 11 is 0. The number of hydrogen-bond donors (Lipinski definition) is 0. The molecule has 4 aliphatic carbocycles. The Kier molecular flexibility index (Phi) is 4.07. The molecule has 0 aromatic rings. The first kappa shape index (κ1) is 17.8. The van der Waals surface area contributed by atoms with Gasteiger partial charge in [0, 0.05) is 6.42 Å². The number of nitriles is 1. The number of fused-ring (bicyclic) bond motifs is 5. The van der Waals surface area contributed by atoms with Crippen LogP contribution in [-0.2, 0) is 4.79 Å². The van der Waals surface area contributed by atoms with Gasteiger partial charge in [-0.1, -0.05) is 37.6 Å². The van der Waals surface area contributed by atoms with Crippen LogP contribution in [0.5, 0.6) is 0 Å². The van der Waals surface area contributed by atoms with Crippen molar-refractivity contribution in [2.75, 3.05) is 0 Å². The van der Waals surface area contributed by atoms with Gasteiger partial charge in [0.2, 0.25) is 0 Å². The maximum Gasteiger partial charge on any atom is 0.155 e. The molecule has 4 aliphatic rings. The smallest absolute Gasteiger partial charge is 0.155 e. The van der Waals surface area contributed by atoms with E-state index >= 15 is 0 Å². The molecule has 3 fully saturated rings. The van der Waals surface area contributed by atoms with Crippen LogP contribution < -0.4 is 0 Å². The van der Waals surface area contributed by atoms with Gasteiger partial charge in [-0.25, -0.2) is 0 Å². The molecule has 4 rings (SSSR count). The van der Waals surface area contributed by atoms with E-state index in [4.69, 9.17) is 0 Å². The highest BCUT2D eigenvalue weighted by Crippen LogP contribution is 2.70. The highest BCUT2D eigenvalue weighted by atomic mass is 16.1. The fourth-order valence-electron chi connectivity index (χ4n) is 7.54. The van der Waals surface area contributed by atoms with Crippen molar-refractivity contribution in [2.45, 2.75) is 58.8 Å². The summed E-state index contributed by atoms with van der Waals surface area (Å²) in [5, 5.41) is 10.1. The first-order chi connectivity index (χ1) is 12.4. The van der Waals surface area contributed by atoms with E-state index in [1.807, 2.05) is 6.08 Å². The van der Waals surface area contributed by atoms with Gasteiger partial charge in [0.15, 0.2) is 5.78 Å². The molecule has 0 N–H and O–H groups in total. The van der Waals surface area contributed by atoms with E-state index in [1.54, 1.807) is 0 Å². The van der Waals surface area contributed by atoms with Crippen molar-refractivity contribution in [3.63, 3.8) is 0 Å². The molecule has 0 heterocycles. The summed E-state index contributed by atoms with van der Waals surface area (Å²) in [5.74, 6) is 3.06. The lowest BCUT2D eigenvalue weighted by atomic mass is 9.46. The number of hydrogen-bond acceptors (Lipinski definition) is 2. The molecule has 3 saturated carbocycles. The zero-order valence-corrected chi connectivity index (χ0v) is 16.3. The van der Waals surface area contributed by atoms with Crippen LogP contribution in [0.25, 0.3) is 0 Å². The summed E-state index contributed by atoms with van der Waals surface area (Å²) < 4.78 is 0. The number of nitrogens with zero attached hydrogens (tertiary/aromatic N) is 1. The number of carbonyl (C=O) groups excluding carboxylic acids is 1. The Morgan fingerprint density at radius 2 is 2.15 bits per heavy atom. The largest absolute Gasteiger partial charge is 0.295 e. The predicted octanol–water partition coefficient (Wildman–Crippen LogP) is 5.63. The Labute approximate surface area is 158 Å². The standard InChI is InChI=1S/C24H31NO/c1-5-16-12-17-13-18(26)7-8-19(17)20-9-10-23(4)21(22(16)20)11-15(3)24(23,6-2)14-25/h5,13,16,19-22H,1,3,6-12H2,2,4H3/t16?,19-,20+,21-,22+,23-,24-/m0/s1. The molecule has 0 amide bonds. The van der Waals surface area contributed by atoms with E-state index < -0.39 is 0 Å². The topological polar surface area (TPSA) is 40.9 Å². The number of ketones is 1. The van der Waals surface area contributed by atoms with Crippen molar-refractivity contribution < 1.29 is 4.79 Å². The van der Waals surface area contributed by atoms with Crippen molar-refractivity contribution in [2.24, 2.45) is 40.4 Å². The van der Waals surface area contributed by atoms with Crippen LogP contribution in [0.4, 0.5) is 0 Å². The lowest BCUT2D eigenvalue weighted by Crippen LogP contribution is -2.51. The van der Waals surface area contributed by atoms with Gasteiger partial charge < -0.3 is 0 Å². The lowest BCUT2D eigenvalue weighted by molar-refractivity contribution is -0.116. The van der Waals surface area contributed by atoms with Crippen molar-refractivity contribution in [3.8, 4) is 6.07 Å². The molecule has 0 radical (unpaired) electrons. The molecular weight excluding hydrogens is 318 g/mol. The molecule has 2 nitrogen and oxygen atoms in total. The zero-order chi connectivity index (χ0) is 18.7. The summed E-state index contributed by atoms with van der Waals surface area (Å²) in [4.78, 5) is 12.0. The van der Waals surface area contributed by atoms with E-state index in [-0.39, 0.29) is 10.8 Å². The van der Waals surface area contributed by atoms with E-state index in [1.165, 1.54) is 17.6 Å². The Morgan fingerprint density at radius 3 is 2.81 bits per heavy atom. The van der Waals surface area contributed by atoms with Gasteiger partial charge in [0.1, 0.15) is 0 Å². The van der Waals surface area contributed by atoms with Crippen LogP contribution >= 0.6 is 0 Å². The third kappa shape index (κ3) is 2.07. The van der Waals surface area contributed by atoms with Crippen molar-refractivity contribution in [1.82, 2.24) is 0 Å². The van der Waals surface area contributed by atoms with E-state index in [0.717, 1.165) is 32.1 Å². The average Bonchev–Trinajstić information content (AvgIpc) is 2.87. The van der Waals surface area contributed by atoms with Crippen LogP contribution in [0.1, 0.15) is 58.8 Å². The molecule has 0 spiro atoms. The predicted molar refractivity (Wildman–Crippen MR) is 104 cm³/mol. The summed E-state index contributed by atoms with van der Waals surface area (Å²) in [6.07, 6.45) is 11.0. The van der Waals surface area contributed by atoms with Gasteiger partial charge in [0.05, 0.1) is 11.5 Å². The van der Waals surface area contributed by atoms with E-state index in [0.29, 0.717) is 41.8 Å². The quantitative estimate of drug-likeness (QED) is 0.606. The second-order valence-corrected chi connectivity index (χ2v) is 9.42. The molecule has 26 heavy (non-hydrogen) atoms. The van der Waals surface area contributed by atoms with Crippen molar-refractivity contribution in [1.29, 1.82) is 5.26 Å². The molecule has 0 aromatic carbocycles. The Hall–Kier alpha value is -1.62. The van der Waals surface area contributed by atoms with Gasteiger partial charge >= 0.3 is 0 Å². The molecule has 138 valence electrons. The fourth-order valence-corrected chi connectivity index (χ4v) is 7.54. The molecule has 1 unspecified atom stereocenters. The second-order valence-electron chi connectivity index (χ2n) is 9.42. The Bertz CT molecular complexity index is 740. The molecule has 0 aromatic heterocycles. The lowest BCUT2D eigenvalue weighted by Gasteiger charge is -2.57. The van der Waals surface area contributed by atoms with Gasteiger partial charge in [-0.15, -0.1) is 6.58 Å². The molecule has 0 bridgehead atoms. The fraction of sp³-hybridized carbons (Fsp3) is 0.667. The monoisotopic (exact) mass is 349 g/mol. The summed E-state index contributed by atoms with van der Waals surface area (Å²) in [6, 6.07) is 2.73. The summed E-state index contributed by atoms with van der Waals surface area (Å²) in [7, 11) is 0. The van der Waals surface area contributed by atoms with E-state index in [2.05, 4.69) is 39.2 Å². The van der Waals surface area contributed by atoms with Crippen LogP contribution in [0.2, 0.25) is 0 Å². The second kappa shape index (κ2) is 5.95. The summed E-state index contributed by atoms with van der Waals surface area (Å²) in [5.41, 5.74) is 2.21. The highest BCUT2D eigenvalue weighted by Gasteiger charge is 2.65. The maximum absolute atomic E-state index is 12.0. The van der Waals surface area contributed by atoms with Crippen LogP contribution in [0.3, 0.4) is 0 Å².